The molecule has 0 aliphatic carbocycles. The van der Waals surface area contributed by atoms with Gasteiger partial charge in [0.1, 0.15) is 0 Å². The summed E-state index contributed by atoms with van der Waals surface area (Å²) in [5.74, 6) is -0.350. The Morgan fingerprint density at radius 3 is 2.31 bits per heavy atom. The maximum Gasteiger partial charge on any atom is 0.261 e. The smallest absolute Gasteiger partial charge is 0.261 e. The second kappa shape index (κ2) is 7.27. The lowest BCUT2D eigenvalue weighted by Crippen LogP contribution is -2.16. The van der Waals surface area contributed by atoms with E-state index in [2.05, 4.69) is 9.71 Å². The zero-order chi connectivity index (χ0) is 18.7. The van der Waals surface area contributed by atoms with Crippen molar-refractivity contribution in [2.24, 2.45) is 0 Å². The molecule has 26 heavy (non-hydrogen) atoms. The summed E-state index contributed by atoms with van der Waals surface area (Å²) in [6.07, 6.45) is 2.99. The summed E-state index contributed by atoms with van der Waals surface area (Å²) in [4.78, 5) is 16.8. The van der Waals surface area contributed by atoms with Crippen LogP contribution in [0.3, 0.4) is 0 Å². The van der Waals surface area contributed by atoms with E-state index >= 15 is 0 Å². The number of hydrogen-bond donors (Lipinski definition) is 1. The van der Waals surface area contributed by atoms with Crippen LogP contribution >= 0.6 is 11.6 Å². The first-order chi connectivity index (χ1) is 12.4. The lowest BCUT2D eigenvalue weighted by atomic mass is 10.0. The monoisotopic (exact) mass is 386 g/mol. The van der Waals surface area contributed by atoms with Crippen molar-refractivity contribution in [2.45, 2.75) is 11.8 Å². The van der Waals surface area contributed by atoms with Crippen molar-refractivity contribution in [3.05, 3.63) is 88.7 Å². The molecule has 0 saturated heterocycles. The summed E-state index contributed by atoms with van der Waals surface area (Å²) in [6.45, 7) is 1.87. The minimum Gasteiger partial charge on any atom is -0.289 e. The van der Waals surface area contributed by atoms with Crippen LogP contribution in [0, 0.1) is 6.92 Å². The minimum atomic E-state index is -3.84. The molecular weight excluding hydrogens is 372 g/mol. The number of carbonyl (C=O) groups is 1. The van der Waals surface area contributed by atoms with Gasteiger partial charge >= 0.3 is 0 Å². The number of benzene rings is 2. The van der Waals surface area contributed by atoms with Crippen LogP contribution in [0.2, 0.25) is 5.02 Å². The molecule has 0 unspecified atom stereocenters. The highest BCUT2D eigenvalue weighted by molar-refractivity contribution is 7.92. The Hall–Kier alpha value is -2.70. The second-order valence-electron chi connectivity index (χ2n) is 5.67. The Morgan fingerprint density at radius 1 is 1.00 bits per heavy atom. The number of pyridine rings is 1. The highest BCUT2D eigenvalue weighted by Crippen LogP contribution is 2.26. The molecule has 7 heteroatoms. The number of ketones is 1. The van der Waals surface area contributed by atoms with E-state index in [0.29, 0.717) is 10.6 Å². The van der Waals surface area contributed by atoms with E-state index in [0.717, 1.165) is 5.56 Å². The first-order valence-electron chi connectivity index (χ1n) is 7.70. The molecular formula is C19H15ClN2O3S. The number of anilines is 1. The first-order valence-corrected chi connectivity index (χ1v) is 9.57. The maximum absolute atomic E-state index is 12.8. The average molecular weight is 387 g/mol. The number of hydrogen-bond acceptors (Lipinski definition) is 4. The van der Waals surface area contributed by atoms with Crippen molar-refractivity contribution in [3.63, 3.8) is 0 Å². The van der Waals surface area contributed by atoms with Gasteiger partial charge in [0.2, 0.25) is 0 Å². The number of nitrogens with zero attached hydrogens (tertiary/aromatic N) is 1. The summed E-state index contributed by atoms with van der Waals surface area (Å²) < 4.78 is 27.8. The number of sulfonamides is 1. The van der Waals surface area contributed by atoms with Gasteiger partial charge in [0.05, 0.1) is 10.6 Å². The highest BCUT2D eigenvalue weighted by Gasteiger charge is 2.20. The summed E-state index contributed by atoms with van der Waals surface area (Å²) in [7, 11) is -3.84. The van der Waals surface area contributed by atoms with Crippen molar-refractivity contribution in [2.75, 3.05) is 4.72 Å². The van der Waals surface area contributed by atoms with Gasteiger partial charge in [-0.05, 0) is 49.4 Å². The molecule has 0 saturated carbocycles. The standard InChI is InChI=1S/C19H15ClN2O3S/c1-13-2-5-16(6-3-13)26(24,25)22-18-7-4-15(20)12-17(18)19(23)14-8-10-21-11-9-14/h2-12,22H,1H3. The molecule has 1 heterocycles. The van der Waals surface area contributed by atoms with Crippen LogP contribution < -0.4 is 4.72 Å². The van der Waals surface area contributed by atoms with Gasteiger partial charge in [0.25, 0.3) is 10.0 Å². The lowest BCUT2D eigenvalue weighted by molar-refractivity contribution is 0.103. The summed E-state index contributed by atoms with van der Waals surface area (Å²) in [5.41, 5.74) is 1.67. The normalized spacial score (nSPS) is 11.2. The molecule has 0 aliphatic heterocycles. The molecule has 0 spiro atoms. The predicted octanol–water partition coefficient (Wildman–Crippen LogP) is 4.08. The Kier molecular flexibility index (Phi) is 5.06. The van der Waals surface area contributed by atoms with Crippen molar-refractivity contribution < 1.29 is 13.2 Å². The zero-order valence-corrected chi connectivity index (χ0v) is 15.4. The van der Waals surface area contributed by atoms with Gasteiger partial charge in [-0.15, -0.1) is 0 Å². The van der Waals surface area contributed by atoms with Crippen LogP contribution in [0.25, 0.3) is 0 Å². The van der Waals surface area contributed by atoms with Gasteiger partial charge in [-0.2, -0.15) is 0 Å². The molecule has 0 aliphatic rings. The molecule has 3 rings (SSSR count). The third-order valence-corrected chi connectivity index (χ3v) is 5.36. The minimum absolute atomic E-state index is 0.111. The van der Waals surface area contributed by atoms with Crippen LogP contribution in [-0.4, -0.2) is 19.2 Å². The topological polar surface area (TPSA) is 76.1 Å². The molecule has 0 fully saturated rings. The molecule has 0 radical (unpaired) electrons. The van der Waals surface area contributed by atoms with E-state index in [9.17, 15) is 13.2 Å². The van der Waals surface area contributed by atoms with Gasteiger partial charge in [-0.1, -0.05) is 29.3 Å². The largest absolute Gasteiger partial charge is 0.289 e. The molecule has 0 atom stereocenters. The molecule has 3 aromatic rings. The Balaban J connectivity index is 2.01. The van der Waals surface area contributed by atoms with E-state index in [1.54, 1.807) is 24.3 Å². The zero-order valence-electron chi connectivity index (χ0n) is 13.8. The fourth-order valence-corrected chi connectivity index (χ4v) is 3.63. The number of nitrogens with one attached hydrogen (secondary N) is 1. The Bertz CT molecular complexity index is 1050. The van der Waals surface area contributed by atoms with E-state index in [1.807, 2.05) is 6.92 Å². The third kappa shape index (κ3) is 3.92. The summed E-state index contributed by atoms with van der Waals surface area (Å²) >= 11 is 6.01. The second-order valence-corrected chi connectivity index (χ2v) is 7.79. The van der Waals surface area contributed by atoms with Crippen molar-refractivity contribution in [3.8, 4) is 0 Å². The SMILES string of the molecule is Cc1ccc(S(=O)(=O)Nc2ccc(Cl)cc2C(=O)c2ccncc2)cc1. The molecule has 132 valence electrons. The van der Waals surface area contributed by atoms with E-state index < -0.39 is 10.0 Å². The van der Waals surface area contributed by atoms with Crippen LogP contribution in [0.4, 0.5) is 5.69 Å². The lowest BCUT2D eigenvalue weighted by Gasteiger charge is -2.13. The van der Waals surface area contributed by atoms with E-state index in [-0.39, 0.29) is 21.9 Å². The molecule has 1 N–H and O–H groups in total. The van der Waals surface area contributed by atoms with Crippen LogP contribution in [0.1, 0.15) is 21.5 Å². The van der Waals surface area contributed by atoms with Gasteiger partial charge < -0.3 is 0 Å². The van der Waals surface area contributed by atoms with Crippen molar-refractivity contribution >= 4 is 33.1 Å². The number of rotatable bonds is 5. The quantitative estimate of drug-likeness (QED) is 0.670. The maximum atomic E-state index is 12.8. The Labute approximate surface area is 156 Å². The van der Waals surface area contributed by atoms with E-state index in [1.165, 1.54) is 42.7 Å². The summed E-state index contributed by atoms with van der Waals surface area (Å²) in [6, 6.07) is 14.0. The molecule has 5 nitrogen and oxygen atoms in total. The number of aryl methyl sites for hydroxylation is 1. The summed E-state index contributed by atoms with van der Waals surface area (Å²) in [5, 5.41) is 0.334. The fraction of sp³-hybridized carbons (Fsp3) is 0.0526. The number of aromatic nitrogens is 1. The fourth-order valence-electron chi connectivity index (χ4n) is 2.37. The van der Waals surface area contributed by atoms with Crippen LogP contribution in [-0.2, 0) is 10.0 Å². The van der Waals surface area contributed by atoms with Crippen LogP contribution in [0.5, 0.6) is 0 Å². The van der Waals surface area contributed by atoms with Crippen molar-refractivity contribution in [1.82, 2.24) is 4.98 Å². The van der Waals surface area contributed by atoms with Gasteiger partial charge in [-0.3, -0.25) is 14.5 Å². The van der Waals surface area contributed by atoms with Gasteiger partial charge in [0.15, 0.2) is 5.78 Å². The first kappa shape index (κ1) is 18.1. The van der Waals surface area contributed by atoms with E-state index in [4.69, 9.17) is 11.6 Å². The number of halogens is 1. The average Bonchev–Trinajstić information content (AvgIpc) is 2.63. The van der Waals surface area contributed by atoms with Crippen molar-refractivity contribution in [1.29, 1.82) is 0 Å². The molecule has 0 bridgehead atoms. The van der Waals surface area contributed by atoms with Gasteiger partial charge in [-0.25, -0.2) is 8.42 Å². The number of carbonyl (C=O) groups excluding carboxylic acids is 1. The highest BCUT2D eigenvalue weighted by atomic mass is 35.5. The molecule has 2 aromatic carbocycles. The van der Waals surface area contributed by atoms with Crippen LogP contribution in [0.15, 0.2) is 71.9 Å². The van der Waals surface area contributed by atoms with Gasteiger partial charge in [0, 0.05) is 28.5 Å². The Morgan fingerprint density at radius 2 is 1.65 bits per heavy atom. The predicted molar refractivity (Wildman–Crippen MR) is 101 cm³/mol. The third-order valence-electron chi connectivity index (χ3n) is 3.74. The molecule has 1 aromatic heterocycles. The molecule has 0 amide bonds.